The van der Waals surface area contributed by atoms with Crippen LogP contribution in [0.3, 0.4) is 0 Å². The van der Waals surface area contributed by atoms with E-state index in [4.69, 9.17) is 0 Å². The SMILES string of the molecule is Cc1cccnc1C(Cc1ccncc1)c1ccncc1. The van der Waals surface area contributed by atoms with Crippen LogP contribution in [0.1, 0.15) is 28.3 Å². The van der Waals surface area contributed by atoms with Crippen molar-refractivity contribution in [3.05, 3.63) is 89.8 Å². The van der Waals surface area contributed by atoms with Crippen LogP contribution < -0.4 is 0 Å². The molecule has 1 unspecified atom stereocenters. The van der Waals surface area contributed by atoms with Crippen LogP contribution in [-0.2, 0) is 6.42 Å². The van der Waals surface area contributed by atoms with Gasteiger partial charge in [0.05, 0.1) is 5.69 Å². The molecule has 0 spiro atoms. The molecule has 3 rings (SSSR count). The Bertz CT molecular complexity index is 696. The lowest BCUT2D eigenvalue weighted by atomic mass is 9.88. The van der Waals surface area contributed by atoms with Gasteiger partial charge in [0.2, 0.25) is 0 Å². The zero-order chi connectivity index (χ0) is 14.5. The molecule has 3 aromatic heterocycles. The summed E-state index contributed by atoms with van der Waals surface area (Å²) in [4.78, 5) is 12.8. The molecule has 0 saturated heterocycles. The highest BCUT2D eigenvalue weighted by atomic mass is 14.7. The van der Waals surface area contributed by atoms with Gasteiger partial charge in [-0.1, -0.05) is 6.07 Å². The van der Waals surface area contributed by atoms with E-state index in [2.05, 4.69) is 52.2 Å². The van der Waals surface area contributed by atoms with E-state index >= 15 is 0 Å². The molecule has 0 amide bonds. The summed E-state index contributed by atoms with van der Waals surface area (Å²) in [5.74, 6) is 0.233. The van der Waals surface area contributed by atoms with Crippen molar-refractivity contribution < 1.29 is 0 Å². The van der Waals surface area contributed by atoms with Gasteiger partial charge >= 0.3 is 0 Å². The third kappa shape index (κ3) is 3.14. The van der Waals surface area contributed by atoms with Crippen molar-refractivity contribution in [1.29, 1.82) is 0 Å². The quantitative estimate of drug-likeness (QED) is 0.731. The number of pyridine rings is 3. The van der Waals surface area contributed by atoms with Crippen LogP contribution in [0.5, 0.6) is 0 Å². The van der Waals surface area contributed by atoms with Crippen molar-refractivity contribution in [3.8, 4) is 0 Å². The van der Waals surface area contributed by atoms with Gasteiger partial charge in [-0.2, -0.15) is 0 Å². The van der Waals surface area contributed by atoms with E-state index in [1.165, 1.54) is 16.7 Å². The maximum Gasteiger partial charge on any atom is 0.0510 e. The highest BCUT2D eigenvalue weighted by Gasteiger charge is 2.18. The molecule has 3 heteroatoms. The molecule has 3 aromatic rings. The number of aryl methyl sites for hydroxylation is 1. The topological polar surface area (TPSA) is 38.7 Å². The number of rotatable bonds is 4. The number of nitrogens with zero attached hydrogens (tertiary/aromatic N) is 3. The lowest BCUT2D eigenvalue weighted by Crippen LogP contribution is -2.09. The van der Waals surface area contributed by atoms with Crippen LogP contribution >= 0.6 is 0 Å². The Morgan fingerprint density at radius 3 is 2.19 bits per heavy atom. The molecule has 0 N–H and O–H groups in total. The van der Waals surface area contributed by atoms with Crippen LogP contribution in [0, 0.1) is 6.92 Å². The molecule has 0 radical (unpaired) electrons. The molecule has 0 aromatic carbocycles. The molecular weight excluding hydrogens is 258 g/mol. The highest BCUT2D eigenvalue weighted by Crippen LogP contribution is 2.28. The van der Waals surface area contributed by atoms with Gasteiger partial charge in [0, 0.05) is 36.9 Å². The fourth-order valence-electron chi connectivity index (χ4n) is 2.59. The standard InChI is InChI=1S/C18H17N3/c1-14-3-2-8-21-18(14)17(16-6-11-20-12-7-16)13-15-4-9-19-10-5-15/h2-12,17H,13H2,1H3. The summed E-state index contributed by atoms with van der Waals surface area (Å²) in [5, 5.41) is 0. The van der Waals surface area contributed by atoms with Gasteiger partial charge in [0.1, 0.15) is 0 Å². The first-order chi connectivity index (χ1) is 10.3. The Morgan fingerprint density at radius 2 is 1.52 bits per heavy atom. The number of hydrogen-bond donors (Lipinski definition) is 0. The van der Waals surface area contributed by atoms with Gasteiger partial charge < -0.3 is 0 Å². The fourth-order valence-corrected chi connectivity index (χ4v) is 2.59. The molecule has 0 aliphatic carbocycles. The maximum absolute atomic E-state index is 4.62. The van der Waals surface area contributed by atoms with Crippen LogP contribution in [0.25, 0.3) is 0 Å². The molecule has 0 aliphatic heterocycles. The van der Waals surface area contributed by atoms with Gasteiger partial charge in [0.25, 0.3) is 0 Å². The minimum Gasteiger partial charge on any atom is -0.265 e. The Kier molecular flexibility index (Phi) is 4.01. The van der Waals surface area contributed by atoms with E-state index in [-0.39, 0.29) is 5.92 Å². The van der Waals surface area contributed by atoms with Gasteiger partial charge in [0.15, 0.2) is 0 Å². The fraction of sp³-hybridized carbons (Fsp3) is 0.167. The second-order valence-electron chi connectivity index (χ2n) is 5.10. The summed E-state index contributed by atoms with van der Waals surface area (Å²) in [5.41, 5.74) is 4.84. The van der Waals surface area contributed by atoms with Crippen LogP contribution in [0.2, 0.25) is 0 Å². The molecule has 3 nitrogen and oxygen atoms in total. The molecule has 0 bridgehead atoms. The lowest BCUT2D eigenvalue weighted by molar-refractivity contribution is 0.763. The first-order valence-electron chi connectivity index (χ1n) is 7.05. The lowest BCUT2D eigenvalue weighted by Gasteiger charge is -2.19. The summed E-state index contributed by atoms with van der Waals surface area (Å²) in [6, 6.07) is 12.4. The van der Waals surface area contributed by atoms with Crippen molar-refractivity contribution in [3.63, 3.8) is 0 Å². The van der Waals surface area contributed by atoms with E-state index in [9.17, 15) is 0 Å². The van der Waals surface area contributed by atoms with Crippen molar-refractivity contribution in [2.45, 2.75) is 19.3 Å². The summed E-state index contributed by atoms with van der Waals surface area (Å²) >= 11 is 0. The predicted molar refractivity (Wildman–Crippen MR) is 83.0 cm³/mol. The smallest absolute Gasteiger partial charge is 0.0510 e. The predicted octanol–water partition coefficient (Wildman–Crippen LogP) is 3.55. The van der Waals surface area contributed by atoms with Crippen LogP contribution in [0.4, 0.5) is 0 Å². The first kappa shape index (κ1) is 13.4. The molecule has 1 atom stereocenters. The van der Waals surface area contributed by atoms with Gasteiger partial charge in [-0.15, -0.1) is 0 Å². The average Bonchev–Trinajstić information content (AvgIpc) is 2.55. The van der Waals surface area contributed by atoms with E-state index in [1.807, 2.05) is 37.1 Å². The van der Waals surface area contributed by atoms with Gasteiger partial charge in [-0.05, 0) is 60.4 Å². The van der Waals surface area contributed by atoms with Gasteiger partial charge in [-0.25, -0.2) is 0 Å². The summed E-state index contributed by atoms with van der Waals surface area (Å²) in [6.45, 7) is 2.11. The Morgan fingerprint density at radius 1 is 0.857 bits per heavy atom. The maximum atomic E-state index is 4.62. The van der Waals surface area contributed by atoms with Crippen molar-refractivity contribution in [2.24, 2.45) is 0 Å². The molecular formula is C18H17N3. The molecule has 0 fully saturated rings. The summed E-state index contributed by atoms with van der Waals surface area (Å²) in [6.07, 6.45) is 10.1. The largest absolute Gasteiger partial charge is 0.265 e. The number of hydrogen-bond acceptors (Lipinski definition) is 3. The Balaban J connectivity index is 2.02. The van der Waals surface area contributed by atoms with Crippen molar-refractivity contribution in [2.75, 3.05) is 0 Å². The molecule has 104 valence electrons. The average molecular weight is 275 g/mol. The summed E-state index contributed by atoms with van der Waals surface area (Å²) in [7, 11) is 0. The van der Waals surface area contributed by atoms with Crippen LogP contribution in [0.15, 0.2) is 67.4 Å². The first-order valence-corrected chi connectivity index (χ1v) is 7.05. The molecule has 0 saturated carbocycles. The summed E-state index contributed by atoms with van der Waals surface area (Å²) < 4.78 is 0. The molecule has 3 heterocycles. The normalized spacial score (nSPS) is 12.0. The third-order valence-electron chi connectivity index (χ3n) is 3.68. The highest BCUT2D eigenvalue weighted by molar-refractivity contribution is 5.34. The zero-order valence-electron chi connectivity index (χ0n) is 12.0. The Hall–Kier alpha value is -2.55. The van der Waals surface area contributed by atoms with Crippen LogP contribution in [-0.4, -0.2) is 15.0 Å². The van der Waals surface area contributed by atoms with E-state index < -0.39 is 0 Å². The van der Waals surface area contributed by atoms with Crippen molar-refractivity contribution >= 4 is 0 Å². The van der Waals surface area contributed by atoms with E-state index in [0.717, 1.165) is 12.1 Å². The van der Waals surface area contributed by atoms with E-state index in [1.54, 1.807) is 0 Å². The minimum atomic E-state index is 0.233. The minimum absolute atomic E-state index is 0.233. The van der Waals surface area contributed by atoms with Crippen molar-refractivity contribution in [1.82, 2.24) is 15.0 Å². The third-order valence-corrected chi connectivity index (χ3v) is 3.68. The Labute approximate surface area is 124 Å². The molecule has 21 heavy (non-hydrogen) atoms. The zero-order valence-corrected chi connectivity index (χ0v) is 12.0. The van der Waals surface area contributed by atoms with E-state index in [0.29, 0.717) is 0 Å². The second kappa shape index (κ2) is 6.27. The molecule has 0 aliphatic rings. The number of aromatic nitrogens is 3. The van der Waals surface area contributed by atoms with Gasteiger partial charge in [-0.3, -0.25) is 15.0 Å². The monoisotopic (exact) mass is 275 g/mol. The second-order valence-corrected chi connectivity index (χ2v) is 5.10.